The fraction of sp³-hybridized carbons (Fsp3) is 0.462. The van der Waals surface area contributed by atoms with Crippen LogP contribution in [0.25, 0.3) is 0 Å². The van der Waals surface area contributed by atoms with Gasteiger partial charge in [-0.3, -0.25) is 4.79 Å². The molecule has 1 unspecified atom stereocenters. The summed E-state index contributed by atoms with van der Waals surface area (Å²) in [5, 5.41) is 18.2. The number of phenols is 1. The van der Waals surface area contributed by atoms with Crippen molar-refractivity contribution in [2.24, 2.45) is 5.92 Å². The van der Waals surface area contributed by atoms with Gasteiger partial charge in [-0.1, -0.05) is 13.8 Å². The van der Waals surface area contributed by atoms with Crippen LogP contribution in [0.4, 0.5) is 4.39 Å². The molecule has 4 heteroatoms. The molecule has 0 spiro atoms. The number of hydrogen-bond acceptors (Lipinski definition) is 2. The van der Waals surface area contributed by atoms with Gasteiger partial charge in [0.2, 0.25) is 0 Å². The number of aromatic hydroxyl groups is 1. The highest BCUT2D eigenvalue weighted by Gasteiger charge is 2.18. The third-order valence-electron chi connectivity index (χ3n) is 2.96. The van der Waals surface area contributed by atoms with Crippen molar-refractivity contribution in [2.75, 3.05) is 0 Å². The van der Waals surface area contributed by atoms with Gasteiger partial charge in [0.25, 0.3) is 0 Å². The average Bonchev–Trinajstić information content (AvgIpc) is 2.29. The minimum Gasteiger partial charge on any atom is -0.505 e. The van der Waals surface area contributed by atoms with Gasteiger partial charge in [-0.2, -0.15) is 0 Å². The van der Waals surface area contributed by atoms with Crippen LogP contribution in [-0.4, -0.2) is 16.2 Å². The van der Waals surface area contributed by atoms with Gasteiger partial charge in [0.05, 0.1) is 5.92 Å². The zero-order valence-corrected chi connectivity index (χ0v) is 10.0. The molecule has 0 amide bonds. The van der Waals surface area contributed by atoms with Gasteiger partial charge in [-0.05, 0) is 42.5 Å². The molecule has 0 fully saturated rings. The van der Waals surface area contributed by atoms with Crippen molar-refractivity contribution in [3.63, 3.8) is 0 Å². The van der Waals surface area contributed by atoms with Crippen LogP contribution < -0.4 is 0 Å². The maximum Gasteiger partial charge on any atom is 0.306 e. The van der Waals surface area contributed by atoms with Crippen LogP contribution in [0.5, 0.6) is 5.75 Å². The Bertz CT molecular complexity index is 415. The lowest BCUT2D eigenvalue weighted by molar-refractivity contribution is -0.141. The number of carboxylic acids is 1. The Labute approximate surface area is 99.9 Å². The summed E-state index contributed by atoms with van der Waals surface area (Å²) in [6, 6.07) is 2.61. The van der Waals surface area contributed by atoms with E-state index in [1.165, 1.54) is 12.1 Å². The first-order chi connectivity index (χ1) is 7.99. The molecule has 0 saturated heterocycles. The Hall–Kier alpha value is -1.58. The van der Waals surface area contributed by atoms with E-state index in [4.69, 9.17) is 5.11 Å². The van der Waals surface area contributed by atoms with Crippen LogP contribution in [0.3, 0.4) is 0 Å². The number of aryl methyl sites for hydroxylation is 1. The minimum atomic E-state index is -0.872. The molecule has 1 atom stereocenters. The summed E-state index contributed by atoms with van der Waals surface area (Å²) in [4.78, 5) is 10.9. The second-order valence-corrected chi connectivity index (χ2v) is 4.07. The number of carbonyl (C=O) groups is 1. The number of carboxylic acid groups (broad SMARTS) is 1. The van der Waals surface area contributed by atoms with E-state index in [2.05, 4.69) is 0 Å². The van der Waals surface area contributed by atoms with Gasteiger partial charge < -0.3 is 10.2 Å². The van der Waals surface area contributed by atoms with E-state index in [1.54, 1.807) is 6.92 Å². The first-order valence-corrected chi connectivity index (χ1v) is 5.72. The molecular formula is C13H17FO3. The summed E-state index contributed by atoms with van der Waals surface area (Å²) < 4.78 is 13.3. The predicted molar refractivity (Wildman–Crippen MR) is 62.6 cm³/mol. The summed E-state index contributed by atoms with van der Waals surface area (Å²) in [6.07, 6.45) is 1.44. The molecule has 1 rings (SSSR count). The molecule has 0 heterocycles. The van der Waals surface area contributed by atoms with Gasteiger partial charge in [-0.15, -0.1) is 0 Å². The van der Waals surface area contributed by atoms with Crippen LogP contribution in [0.2, 0.25) is 0 Å². The summed E-state index contributed by atoms with van der Waals surface area (Å²) >= 11 is 0. The van der Waals surface area contributed by atoms with E-state index in [-0.39, 0.29) is 5.75 Å². The van der Waals surface area contributed by atoms with Crippen molar-refractivity contribution in [1.82, 2.24) is 0 Å². The second kappa shape index (κ2) is 5.66. The van der Waals surface area contributed by atoms with E-state index < -0.39 is 17.7 Å². The zero-order valence-electron chi connectivity index (χ0n) is 10.0. The standard InChI is InChI=1S/C13H17FO3/c1-3-8-7-12(15)11(14)6-10(8)5-9(4-2)13(16)17/h6-7,9,15H,3-5H2,1-2H3,(H,16,17). The molecule has 94 valence electrons. The largest absolute Gasteiger partial charge is 0.505 e. The number of hydrogen-bond donors (Lipinski definition) is 2. The molecular weight excluding hydrogens is 223 g/mol. The van der Waals surface area contributed by atoms with Gasteiger partial charge in [0.15, 0.2) is 11.6 Å². The number of phenolic OH excluding ortho intramolecular Hbond substituents is 1. The van der Waals surface area contributed by atoms with E-state index in [0.29, 0.717) is 24.8 Å². The van der Waals surface area contributed by atoms with E-state index in [1.807, 2.05) is 6.92 Å². The lowest BCUT2D eigenvalue weighted by atomic mass is 9.92. The molecule has 2 N–H and O–H groups in total. The first-order valence-electron chi connectivity index (χ1n) is 5.72. The molecule has 0 aromatic heterocycles. The molecule has 0 bridgehead atoms. The van der Waals surface area contributed by atoms with Crippen LogP contribution in [0, 0.1) is 11.7 Å². The van der Waals surface area contributed by atoms with Crippen LogP contribution in [0.15, 0.2) is 12.1 Å². The predicted octanol–water partition coefficient (Wildman–Crippen LogP) is 2.75. The molecule has 3 nitrogen and oxygen atoms in total. The number of benzene rings is 1. The molecule has 1 aromatic carbocycles. The molecule has 1 aromatic rings. The Kier molecular flexibility index (Phi) is 4.49. The first kappa shape index (κ1) is 13.5. The molecule has 0 aliphatic carbocycles. The summed E-state index contributed by atoms with van der Waals surface area (Å²) in [6.45, 7) is 3.68. The minimum absolute atomic E-state index is 0.298. The third-order valence-corrected chi connectivity index (χ3v) is 2.96. The fourth-order valence-electron chi connectivity index (χ4n) is 1.84. The maximum absolute atomic E-state index is 13.3. The fourth-order valence-corrected chi connectivity index (χ4v) is 1.84. The lowest BCUT2D eigenvalue weighted by Crippen LogP contribution is -2.16. The van der Waals surface area contributed by atoms with Crippen LogP contribution in [-0.2, 0) is 17.6 Å². The third kappa shape index (κ3) is 3.19. The molecule has 0 aliphatic heterocycles. The highest BCUT2D eigenvalue weighted by molar-refractivity contribution is 5.70. The normalized spacial score (nSPS) is 12.4. The number of rotatable bonds is 5. The number of halogens is 1. The summed E-state index contributed by atoms with van der Waals surface area (Å²) in [5.74, 6) is -2.46. The van der Waals surface area contributed by atoms with Crippen molar-refractivity contribution in [1.29, 1.82) is 0 Å². The van der Waals surface area contributed by atoms with E-state index in [9.17, 15) is 14.3 Å². The molecule has 0 radical (unpaired) electrons. The van der Waals surface area contributed by atoms with Crippen LogP contribution >= 0.6 is 0 Å². The van der Waals surface area contributed by atoms with Gasteiger partial charge in [0.1, 0.15) is 0 Å². The van der Waals surface area contributed by atoms with Crippen LogP contribution in [0.1, 0.15) is 31.4 Å². The number of aliphatic carboxylic acids is 1. The monoisotopic (exact) mass is 240 g/mol. The zero-order chi connectivity index (χ0) is 13.0. The molecule has 17 heavy (non-hydrogen) atoms. The molecule has 0 aliphatic rings. The van der Waals surface area contributed by atoms with Crippen molar-refractivity contribution < 1.29 is 19.4 Å². The van der Waals surface area contributed by atoms with Gasteiger partial charge in [0, 0.05) is 0 Å². The Morgan fingerprint density at radius 1 is 1.35 bits per heavy atom. The Balaban J connectivity index is 3.04. The van der Waals surface area contributed by atoms with Gasteiger partial charge in [-0.25, -0.2) is 4.39 Å². The molecule has 0 saturated carbocycles. The lowest BCUT2D eigenvalue weighted by Gasteiger charge is -2.13. The Morgan fingerprint density at radius 2 is 2.00 bits per heavy atom. The summed E-state index contributed by atoms with van der Waals surface area (Å²) in [7, 11) is 0. The Morgan fingerprint density at radius 3 is 2.47 bits per heavy atom. The van der Waals surface area contributed by atoms with Crippen molar-refractivity contribution >= 4 is 5.97 Å². The summed E-state index contributed by atoms with van der Waals surface area (Å²) in [5.41, 5.74) is 1.46. The van der Waals surface area contributed by atoms with Crippen molar-refractivity contribution in [3.8, 4) is 5.75 Å². The van der Waals surface area contributed by atoms with E-state index >= 15 is 0 Å². The highest BCUT2D eigenvalue weighted by Crippen LogP contribution is 2.24. The average molecular weight is 240 g/mol. The quantitative estimate of drug-likeness (QED) is 0.832. The van der Waals surface area contributed by atoms with Crippen molar-refractivity contribution in [3.05, 3.63) is 29.1 Å². The van der Waals surface area contributed by atoms with E-state index in [0.717, 1.165) is 5.56 Å². The van der Waals surface area contributed by atoms with Crippen molar-refractivity contribution in [2.45, 2.75) is 33.1 Å². The van der Waals surface area contributed by atoms with Gasteiger partial charge >= 0.3 is 5.97 Å². The smallest absolute Gasteiger partial charge is 0.306 e. The second-order valence-electron chi connectivity index (χ2n) is 4.07. The maximum atomic E-state index is 13.3. The highest BCUT2D eigenvalue weighted by atomic mass is 19.1. The topological polar surface area (TPSA) is 57.5 Å². The SMILES string of the molecule is CCc1cc(O)c(F)cc1CC(CC)C(=O)O.